The first-order valence-electron chi connectivity index (χ1n) is 9.63. The van der Waals surface area contributed by atoms with Gasteiger partial charge >= 0.3 is 6.18 Å². The van der Waals surface area contributed by atoms with Gasteiger partial charge in [0.2, 0.25) is 0 Å². The zero-order chi connectivity index (χ0) is 20.5. The SMILES string of the molecule is O=C(NCC1(c2cccnc2)CCCCC1)c1cccc2nc(C(F)(F)F)cn12. The summed E-state index contributed by atoms with van der Waals surface area (Å²) in [5.41, 5.74) is 0.0756. The molecule has 1 N–H and O–H groups in total. The zero-order valence-electron chi connectivity index (χ0n) is 15.7. The summed E-state index contributed by atoms with van der Waals surface area (Å²) >= 11 is 0. The van der Waals surface area contributed by atoms with Crippen LogP contribution in [0.15, 0.2) is 48.9 Å². The number of imidazole rings is 1. The third-order valence-corrected chi connectivity index (χ3v) is 5.69. The van der Waals surface area contributed by atoms with E-state index in [-0.39, 0.29) is 16.8 Å². The topological polar surface area (TPSA) is 59.3 Å². The van der Waals surface area contributed by atoms with Crippen LogP contribution in [0.2, 0.25) is 0 Å². The van der Waals surface area contributed by atoms with Crippen molar-refractivity contribution in [1.29, 1.82) is 0 Å². The summed E-state index contributed by atoms with van der Waals surface area (Å²) in [4.78, 5) is 20.7. The number of alkyl halides is 3. The Hall–Kier alpha value is -2.90. The molecule has 0 unspecified atom stereocenters. The lowest BCUT2D eigenvalue weighted by Crippen LogP contribution is -2.42. The van der Waals surface area contributed by atoms with Crippen molar-refractivity contribution in [3.8, 4) is 0 Å². The average Bonchev–Trinajstić information content (AvgIpc) is 3.18. The number of aromatic nitrogens is 3. The van der Waals surface area contributed by atoms with E-state index in [2.05, 4.69) is 15.3 Å². The molecule has 3 aromatic heterocycles. The monoisotopic (exact) mass is 402 g/mol. The summed E-state index contributed by atoms with van der Waals surface area (Å²) in [6, 6.07) is 8.40. The molecule has 0 atom stereocenters. The highest BCUT2D eigenvalue weighted by molar-refractivity contribution is 5.93. The molecule has 8 heteroatoms. The number of amides is 1. The van der Waals surface area contributed by atoms with Crippen molar-refractivity contribution in [3.63, 3.8) is 0 Å². The lowest BCUT2D eigenvalue weighted by atomic mass is 9.70. The number of rotatable bonds is 4. The smallest absolute Gasteiger partial charge is 0.350 e. The van der Waals surface area contributed by atoms with E-state index in [1.165, 1.54) is 22.6 Å². The Bertz CT molecular complexity index is 1010. The van der Waals surface area contributed by atoms with E-state index >= 15 is 0 Å². The van der Waals surface area contributed by atoms with Gasteiger partial charge in [-0.25, -0.2) is 4.98 Å². The second kappa shape index (κ2) is 7.50. The fourth-order valence-corrected chi connectivity index (χ4v) is 4.14. The highest BCUT2D eigenvalue weighted by Crippen LogP contribution is 2.38. The average molecular weight is 402 g/mol. The van der Waals surface area contributed by atoms with Gasteiger partial charge in [-0.05, 0) is 36.6 Å². The first-order valence-corrected chi connectivity index (χ1v) is 9.63. The fraction of sp³-hybridized carbons (Fsp3) is 0.381. The normalized spacial score (nSPS) is 16.7. The summed E-state index contributed by atoms with van der Waals surface area (Å²) in [5.74, 6) is -0.421. The van der Waals surface area contributed by atoms with Gasteiger partial charge in [0.25, 0.3) is 5.91 Å². The van der Waals surface area contributed by atoms with Crippen molar-refractivity contribution in [2.24, 2.45) is 0 Å². The van der Waals surface area contributed by atoms with Gasteiger partial charge in [0.1, 0.15) is 11.3 Å². The van der Waals surface area contributed by atoms with Gasteiger partial charge in [-0.15, -0.1) is 0 Å². The quantitative estimate of drug-likeness (QED) is 0.705. The number of nitrogens with one attached hydrogen (secondary N) is 1. The van der Waals surface area contributed by atoms with Crippen LogP contribution in [0.25, 0.3) is 5.65 Å². The number of carbonyl (C=O) groups is 1. The maximum atomic E-state index is 13.0. The van der Waals surface area contributed by atoms with E-state index < -0.39 is 17.8 Å². The second-order valence-electron chi connectivity index (χ2n) is 7.53. The van der Waals surface area contributed by atoms with Gasteiger partial charge in [-0.2, -0.15) is 13.2 Å². The molecule has 29 heavy (non-hydrogen) atoms. The molecule has 0 radical (unpaired) electrons. The fourth-order valence-electron chi connectivity index (χ4n) is 4.14. The largest absolute Gasteiger partial charge is 0.434 e. The van der Waals surface area contributed by atoms with E-state index in [0.29, 0.717) is 6.54 Å². The summed E-state index contributed by atoms with van der Waals surface area (Å²) in [5, 5.41) is 2.95. The van der Waals surface area contributed by atoms with Crippen LogP contribution < -0.4 is 5.32 Å². The zero-order valence-corrected chi connectivity index (χ0v) is 15.7. The molecular formula is C21H21F3N4O. The molecule has 0 aliphatic heterocycles. The first kappa shape index (κ1) is 19.4. The lowest BCUT2D eigenvalue weighted by Gasteiger charge is -2.37. The van der Waals surface area contributed by atoms with Crippen LogP contribution in [-0.2, 0) is 11.6 Å². The molecule has 0 spiro atoms. The van der Waals surface area contributed by atoms with Crippen LogP contribution in [0.5, 0.6) is 0 Å². The number of hydrogen-bond donors (Lipinski definition) is 1. The molecule has 3 heterocycles. The number of carbonyl (C=O) groups excluding carboxylic acids is 1. The molecular weight excluding hydrogens is 381 g/mol. The molecule has 4 rings (SSSR count). The Labute approximate surface area is 166 Å². The standard InChI is InChI=1S/C21H21F3N4O/c22-21(23,24)17-13-28-16(7-4-8-18(28)27-17)19(29)26-14-20(9-2-1-3-10-20)15-6-5-11-25-12-15/h4-8,11-13H,1-3,9-10,14H2,(H,26,29). The molecule has 3 aromatic rings. The Morgan fingerprint density at radius 3 is 2.62 bits per heavy atom. The molecule has 1 aliphatic carbocycles. The van der Waals surface area contributed by atoms with Gasteiger partial charge < -0.3 is 5.32 Å². The highest BCUT2D eigenvalue weighted by Gasteiger charge is 2.36. The number of hydrogen-bond acceptors (Lipinski definition) is 3. The van der Waals surface area contributed by atoms with Crippen molar-refractivity contribution >= 4 is 11.6 Å². The van der Waals surface area contributed by atoms with Gasteiger partial charge in [-0.1, -0.05) is 31.4 Å². The van der Waals surface area contributed by atoms with E-state index in [1.54, 1.807) is 6.20 Å². The third-order valence-electron chi connectivity index (χ3n) is 5.69. The predicted molar refractivity (Wildman–Crippen MR) is 102 cm³/mol. The maximum Gasteiger partial charge on any atom is 0.434 e. The molecule has 0 aromatic carbocycles. The Kier molecular flexibility index (Phi) is 5.02. The lowest BCUT2D eigenvalue weighted by molar-refractivity contribution is -0.140. The molecule has 0 saturated heterocycles. The molecule has 5 nitrogen and oxygen atoms in total. The minimum absolute atomic E-state index is 0.0876. The van der Waals surface area contributed by atoms with Crippen molar-refractivity contribution < 1.29 is 18.0 Å². The second-order valence-corrected chi connectivity index (χ2v) is 7.53. The van der Waals surface area contributed by atoms with Crippen LogP contribution in [0.1, 0.15) is 53.8 Å². The minimum Gasteiger partial charge on any atom is -0.350 e. The molecule has 1 saturated carbocycles. The number of pyridine rings is 2. The summed E-state index contributed by atoms with van der Waals surface area (Å²) in [6.45, 7) is 0.411. The third kappa shape index (κ3) is 3.83. The van der Waals surface area contributed by atoms with Crippen molar-refractivity contribution in [2.45, 2.75) is 43.7 Å². The summed E-state index contributed by atoms with van der Waals surface area (Å²) < 4.78 is 40.2. The van der Waals surface area contributed by atoms with Gasteiger partial charge in [0.05, 0.1) is 0 Å². The van der Waals surface area contributed by atoms with E-state index in [0.717, 1.165) is 43.9 Å². The van der Waals surface area contributed by atoms with Crippen molar-refractivity contribution in [2.75, 3.05) is 6.54 Å². The summed E-state index contributed by atoms with van der Waals surface area (Å²) in [7, 11) is 0. The number of nitrogens with zero attached hydrogens (tertiary/aromatic N) is 3. The van der Waals surface area contributed by atoms with E-state index in [4.69, 9.17) is 0 Å². The van der Waals surface area contributed by atoms with Crippen LogP contribution in [0.3, 0.4) is 0 Å². The highest BCUT2D eigenvalue weighted by atomic mass is 19.4. The molecule has 1 fully saturated rings. The Morgan fingerprint density at radius 2 is 1.93 bits per heavy atom. The number of fused-ring (bicyclic) bond motifs is 1. The van der Waals surface area contributed by atoms with Crippen molar-refractivity contribution in [3.05, 3.63) is 65.9 Å². The van der Waals surface area contributed by atoms with Crippen LogP contribution >= 0.6 is 0 Å². The summed E-state index contributed by atoms with van der Waals surface area (Å²) in [6.07, 6.45) is 5.02. The minimum atomic E-state index is -4.56. The first-order chi connectivity index (χ1) is 13.9. The predicted octanol–water partition coefficient (Wildman–Crippen LogP) is 4.38. The van der Waals surface area contributed by atoms with Crippen LogP contribution in [0, 0.1) is 0 Å². The van der Waals surface area contributed by atoms with Crippen LogP contribution in [0.4, 0.5) is 13.2 Å². The molecule has 152 valence electrons. The molecule has 0 bridgehead atoms. The van der Waals surface area contributed by atoms with Gasteiger partial charge in [0, 0.05) is 30.6 Å². The van der Waals surface area contributed by atoms with Crippen LogP contribution in [-0.4, -0.2) is 26.8 Å². The van der Waals surface area contributed by atoms with E-state index in [9.17, 15) is 18.0 Å². The molecule has 1 amide bonds. The van der Waals surface area contributed by atoms with Gasteiger partial charge in [0.15, 0.2) is 5.69 Å². The molecule has 1 aliphatic rings. The Morgan fingerprint density at radius 1 is 1.14 bits per heavy atom. The van der Waals surface area contributed by atoms with Crippen molar-refractivity contribution in [1.82, 2.24) is 19.7 Å². The Balaban J connectivity index is 1.60. The van der Waals surface area contributed by atoms with Gasteiger partial charge in [-0.3, -0.25) is 14.2 Å². The van der Waals surface area contributed by atoms with E-state index in [1.807, 2.05) is 18.3 Å². The maximum absolute atomic E-state index is 13.0. The number of halogens is 3.